The van der Waals surface area contributed by atoms with Crippen molar-refractivity contribution in [1.29, 1.82) is 0 Å². The number of hydrogen-bond acceptors (Lipinski definition) is 13. The molecule has 5 atom stereocenters. The molecule has 0 spiro atoms. The molecule has 0 saturated carbocycles. The van der Waals surface area contributed by atoms with Crippen molar-refractivity contribution in [3.8, 4) is 0 Å². The lowest BCUT2D eigenvalue weighted by atomic mass is 9.99. The van der Waals surface area contributed by atoms with Crippen LogP contribution >= 0.6 is 18.5 Å². The van der Waals surface area contributed by atoms with E-state index in [1.165, 1.54) is 6.92 Å². The molecule has 31 heavy (non-hydrogen) atoms. The molecule has 0 radical (unpaired) electrons. The van der Waals surface area contributed by atoms with Crippen LogP contribution in [0.4, 0.5) is 0 Å². The Bertz CT molecular complexity index is 682. The summed E-state index contributed by atoms with van der Waals surface area (Å²) < 4.78 is 37.2. The van der Waals surface area contributed by atoms with Gasteiger partial charge in [0.1, 0.15) is 24.1 Å². The maximum atomic E-state index is 12.9. The van der Waals surface area contributed by atoms with E-state index in [1.54, 1.807) is 0 Å². The van der Waals surface area contributed by atoms with Crippen LogP contribution < -0.4 is 4.89 Å². The van der Waals surface area contributed by atoms with Gasteiger partial charge < -0.3 is 28.6 Å². The van der Waals surface area contributed by atoms with Crippen molar-refractivity contribution in [3.05, 3.63) is 0 Å². The highest BCUT2D eigenvalue weighted by molar-refractivity contribution is 8.57. The molecule has 2 fully saturated rings. The topological polar surface area (TPSA) is 156 Å². The molecule has 176 valence electrons. The highest BCUT2D eigenvalue weighted by Crippen LogP contribution is 2.68. The van der Waals surface area contributed by atoms with E-state index in [2.05, 4.69) is 0 Å². The second-order valence-corrected chi connectivity index (χ2v) is 10.7. The first kappa shape index (κ1) is 25.8. The molecule has 0 aliphatic carbocycles. The lowest BCUT2D eigenvalue weighted by Crippen LogP contribution is -2.61. The summed E-state index contributed by atoms with van der Waals surface area (Å²) in [6.45, 7) is 4.53. The summed E-state index contributed by atoms with van der Waals surface area (Å²) in [6.07, 6.45) is -4.53. The van der Waals surface area contributed by atoms with Gasteiger partial charge in [0, 0.05) is 34.1 Å². The zero-order chi connectivity index (χ0) is 23.2. The Morgan fingerprint density at radius 1 is 0.871 bits per heavy atom. The third-order valence-electron chi connectivity index (χ3n) is 3.97. The third-order valence-corrected chi connectivity index (χ3v) is 7.84. The lowest BCUT2D eigenvalue weighted by molar-refractivity contribution is -0.238. The number of esters is 4. The molecular weight excluding hydrogens is 459 g/mol. The fraction of sp³-hybridized carbons (Fsp3) is 0.765. The molecule has 2 aliphatic heterocycles. The summed E-state index contributed by atoms with van der Waals surface area (Å²) in [5, 5.41) is 0. The molecule has 0 aromatic heterocycles. The van der Waals surface area contributed by atoms with Crippen molar-refractivity contribution < 1.29 is 56.8 Å². The van der Waals surface area contributed by atoms with Gasteiger partial charge in [-0.25, -0.2) is 0 Å². The van der Waals surface area contributed by atoms with Crippen LogP contribution in [0.15, 0.2) is 0 Å². The Morgan fingerprint density at radius 3 is 1.90 bits per heavy atom. The fourth-order valence-corrected chi connectivity index (χ4v) is 6.67. The second-order valence-electron chi connectivity index (χ2n) is 6.64. The van der Waals surface area contributed by atoms with Crippen molar-refractivity contribution in [2.75, 3.05) is 19.8 Å². The summed E-state index contributed by atoms with van der Waals surface area (Å²) in [5.41, 5.74) is -1.22. The molecule has 0 unspecified atom stereocenters. The van der Waals surface area contributed by atoms with Crippen LogP contribution in [0.5, 0.6) is 0 Å². The van der Waals surface area contributed by atoms with Gasteiger partial charge in [0.25, 0.3) is 0 Å². The van der Waals surface area contributed by atoms with Gasteiger partial charge in [-0.2, -0.15) is 9.05 Å². The molecule has 2 heterocycles. The van der Waals surface area contributed by atoms with E-state index in [4.69, 9.17) is 32.7 Å². The fourth-order valence-electron chi connectivity index (χ4n) is 2.91. The van der Waals surface area contributed by atoms with Gasteiger partial charge in [0.05, 0.1) is 13.2 Å². The van der Waals surface area contributed by atoms with Gasteiger partial charge in [-0.15, -0.1) is 0 Å². The normalized spacial score (nSPS) is 30.0. The first-order chi connectivity index (χ1) is 14.5. The second kappa shape index (κ2) is 11.4. The minimum absolute atomic E-state index is 0.190. The van der Waals surface area contributed by atoms with E-state index in [-0.39, 0.29) is 19.8 Å². The first-order valence-corrected chi connectivity index (χ1v) is 12.4. The molecule has 0 aromatic rings. The predicted octanol–water partition coefficient (Wildman–Crippen LogP) is 0.278. The van der Waals surface area contributed by atoms with Crippen LogP contribution in [0.25, 0.3) is 0 Å². The summed E-state index contributed by atoms with van der Waals surface area (Å²) >= 11 is 0.623. The zero-order valence-corrected chi connectivity index (χ0v) is 19.2. The predicted molar refractivity (Wildman–Crippen MR) is 103 cm³/mol. The molecule has 0 amide bonds. The molecule has 12 nitrogen and oxygen atoms in total. The summed E-state index contributed by atoms with van der Waals surface area (Å²) in [5.74, 6) is -2.88. The largest absolute Gasteiger partial charge is 0.622 e. The minimum atomic E-state index is -3.69. The minimum Gasteiger partial charge on any atom is -0.622 e. The monoisotopic (exact) mass is 484 g/mol. The van der Waals surface area contributed by atoms with Crippen molar-refractivity contribution in [2.45, 2.75) is 64.0 Å². The molecule has 0 N–H and O–H groups in total. The number of rotatable bonds is 7. The van der Waals surface area contributed by atoms with Crippen LogP contribution in [0.3, 0.4) is 0 Å². The van der Waals surface area contributed by atoms with E-state index in [0.29, 0.717) is 17.8 Å². The van der Waals surface area contributed by atoms with E-state index in [9.17, 15) is 24.1 Å². The van der Waals surface area contributed by atoms with Crippen LogP contribution in [0, 0.1) is 0 Å². The van der Waals surface area contributed by atoms with Crippen LogP contribution in [-0.2, 0) is 51.9 Å². The maximum absolute atomic E-state index is 12.9. The highest BCUT2D eigenvalue weighted by Gasteiger charge is 2.56. The maximum Gasteiger partial charge on any atom is 0.303 e. The molecule has 2 saturated heterocycles. The van der Waals surface area contributed by atoms with Crippen molar-refractivity contribution in [2.24, 2.45) is 0 Å². The Balaban J connectivity index is 2.40. The average Bonchev–Trinajstić information content (AvgIpc) is 2.64. The highest BCUT2D eigenvalue weighted by atomic mass is 32.7. The quantitative estimate of drug-likeness (QED) is 0.276. The van der Waals surface area contributed by atoms with Crippen LogP contribution in [0.1, 0.15) is 34.1 Å². The Labute approximate surface area is 183 Å². The van der Waals surface area contributed by atoms with Gasteiger partial charge >= 0.3 is 31.0 Å². The van der Waals surface area contributed by atoms with E-state index >= 15 is 0 Å². The number of ether oxygens (including phenoxy) is 5. The van der Waals surface area contributed by atoms with E-state index < -0.39 is 60.9 Å². The Morgan fingerprint density at radius 2 is 1.39 bits per heavy atom. The molecule has 2 aliphatic rings. The van der Waals surface area contributed by atoms with Crippen molar-refractivity contribution in [3.63, 3.8) is 0 Å². The van der Waals surface area contributed by atoms with Crippen LogP contribution in [-0.4, -0.2) is 73.5 Å². The smallest absolute Gasteiger partial charge is 0.303 e. The molecule has 0 bridgehead atoms. The third kappa shape index (κ3) is 7.85. The van der Waals surface area contributed by atoms with Gasteiger partial charge in [-0.3, -0.25) is 19.2 Å². The molecule has 14 heteroatoms. The lowest BCUT2D eigenvalue weighted by Gasteiger charge is -2.44. The molecule has 2 rings (SSSR count). The summed E-state index contributed by atoms with van der Waals surface area (Å²) in [4.78, 5) is 59.4. The molecule has 0 aromatic carbocycles. The number of carbonyl (C=O) groups excluding carboxylic acids is 4. The van der Waals surface area contributed by atoms with Crippen LogP contribution in [0.2, 0.25) is 0 Å². The summed E-state index contributed by atoms with van der Waals surface area (Å²) in [7, 11) is -3.69. The molecular formula is C17H25O12PS. The SMILES string of the molecule is CC(=O)OC[C@H]1O[C@@H](S[P+]2([O-])OCCCO2)[C@H](OC(C)=O)[C@@H](OC(C)=O)[C@@H]1OC(C)=O. The van der Waals surface area contributed by atoms with Gasteiger partial charge in [0.2, 0.25) is 0 Å². The standard InChI is InChI=1S/C17H25O12PS/c1-9(18)23-8-13-14(26-10(2)19)15(27-11(3)20)16(28-12(4)21)17(29-13)31-30(22)24-6-5-7-25-30/h13-17H,5-8H2,1-4H3/t13-,14-,15+,16-,17+/m1/s1. The number of hydrogen-bond donors (Lipinski definition) is 0. The van der Waals surface area contributed by atoms with Gasteiger partial charge in [-0.1, -0.05) is 0 Å². The Hall–Kier alpha value is -1.50. The number of carbonyl (C=O) groups is 4. The van der Waals surface area contributed by atoms with Crippen molar-refractivity contribution in [1.82, 2.24) is 0 Å². The average molecular weight is 484 g/mol. The van der Waals surface area contributed by atoms with Gasteiger partial charge in [-0.05, 0) is 0 Å². The Kier molecular flexibility index (Phi) is 9.46. The zero-order valence-electron chi connectivity index (χ0n) is 17.5. The van der Waals surface area contributed by atoms with E-state index in [0.717, 1.165) is 20.8 Å². The van der Waals surface area contributed by atoms with Crippen molar-refractivity contribution >= 4 is 42.4 Å². The summed E-state index contributed by atoms with van der Waals surface area (Å²) in [6, 6.07) is 0. The van der Waals surface area contributed by atoms with E-state index in [1.807, 2.05) is 0 Å². The first-order valence-electron chi connectivity index (χ1n) is 9.39. The van der Waals surface area contributed by atoms with Gasteiger partial charge in [0.15, 0.2) is 23.7 Å².